The van der Waals surface area contributed by atoms with Crippen molar-refractivity contribution in [3.05, 3.63) is 66.2 Å². The van der Waals surface area contributed by atoms with Crippen LogP contribution >= 0.6 is 0 Å². The summed E-state index contributed by atoms with van der Waals surface area (Å²) in [5.74, 6) is 0.494. The Bertz CT molecular complexity index is 854. The Kier molecular flexibility index (Phi) is 7.83. The van der Waals surface area contributed by atoms with Gasteiger partial charge in [-0.3, -0.25) is 9.59 Å². The molecule has 1 heterocycles. The number of para-hydroxylation sites is 1. The SMILES string of the molecule is CCNC(=NCC(=O)NCCc1ccccc1)NC1CC(=O)N(c2ccccc2)C1. The Morgan fingerprint density at radius 2 is 1.77 bits per heavy atom. The van der Waals surface area contributed by atoms with E-state index < -0.39 is 0 Å². The van der Waals surface area contributed by atoms with E-state index in [1.807, 2.05) is 67.6 Å². The average Bonchev–Trinajstić information content (AvgIpc) is 3.13. The molecule has 0 radical (unpaired) electrons. The lowest BCUT2D eigenvalue weighted by Gasteiger charge is -2.19. The third kappa shape index (κ3) is 6.34. The number of guanidine groups is 1. The van der Waals surface area contributed by atoms with Crippen LogP contribution in [-0.4, -0.2) is 50.0 Å². The molecule has 7 nitrogen and oxygen atoms in total. The Labute approximate surface area is 177 Å². The van der Waals surface area contributed by atoms with Crippen molar-refractivity contribution in [1.82, 2.24) is 16.0 Å². The van der Waals surface area contributed by atoms with Gasteiger partial charge in [0.05, 0.1) is 6.04 Å². The smallest absolute Gasteiger partial charge is 0.241 e. The summed E-state index contributed by atoms with van der Waals surface area (Å²) < 4.78 is 0. The van der Waals surface area contributed by atoms with Crippen molar-refractivity contribution in [3.8, 4) is 0 Å². The van der Waals surface area contributed by atoms with Gasteiger partial charge in [-0.15, -0.1) is 0 Å². The molecule has 158 valence electrons. The highest BCUT2D eigenvalue weighted by molar-refractivity contribution is 5.97. The van der Waals surface area contributed by atoms with E-state index >= 15 is 0 Å². The monoisotopic (exact) mass is 407 g/mol. The maximum Gasteiger partial charge on any atom is 0.241 e. The Hall–Kier alpha value is -3.35. The second-order valence-electron chi connectivity index (χ2n) is 7.17. The van der Waals surface area contributed by atoms with E-state index in [9.17, 15) is 9.59 Å². The number of nitrogens with zero attached hydrogens (tertiary/aromatic N) is 2. The normalized spacial score (nSPS) is 16.4. The summed E-state index contributed by atoms with van der Waals surface area (Å²) in [7, 11) is 0. The fourth-order valence-electron chi connectivity index (χ4n) is 3.37. The summed E-state index contributed by atoms with van der Waals surface area (Å²) in [6, 6.07) is 19.6. The van der Waals surface area contributed by atoms with Crippen molar-refractivity contribution >= 4 is 23.5 Å². The summed E-state index contributed by atoms with van der Waals surface area (Å²) in [6.07, 6.45) is 1.18. The molecule has 1 fully saturated rings. The zero-order valence-corrected chi connectivity index (χ0v) is 17.3. The van der Waals surface area contributed by atoms with Gasteiger partial charge in [-0.05, 0) is 31.0 Å². The van der Waals surface area contributed by atoms with Gasteiger partial charge in [0.2, 0.25) is 11.8 Å². The molecule has 2 aromatic rings. The number of rotatable bonds is 8. The Balaban J connectivity index is 1.48. The number of carbonyl (C=O) groups is 2. The molecule has 0 bridgehead atoms. The fourth-order valence-corrected chi connectivity index (χ4v) is 3.37. The number of carbonyl (C=O) groups excluding carboxylic acids is 2. The van der Waals surface area contributed by atoms with Crippen molar-refractivity contribution in [2.75, 3.05) is 31.1 Å². The van der Waals surface area contributed by atoms with Crippen LogP contribution in [0.15, 0.2) is 65.7 Å². The molecule has 0 saturated carbocycles. The standard InChI is InChI=1S/C23H29N5O2/c1-2-24-23(26-16-21(29)25-14-13-18-9-5-3-6-10-18)27-19-15-22(30)28(17-19)20-11-7-4-8-12-20/h3-12,19H,2,13-17H2,1H3,(H,25,29)(H2,24,26,27). The van der Waals surface area contributed by atoms with Gasteiger partial charge in [-0.2, -0.15) is 0 Å². The van der Waals surface area contributed by atoms with Crippen LogP contribution in [0.4, 0.5) is 5.69 Å². The number of nitrogens with one attached hydrogen (secondary N) is 3. The highest BCUT2D eigenvalue weighted by Crippen LogP contribution is 2.20. The average molecular weight is 408 g/mol. The first kappa shape index (κ1) is 21.4. The van der Waals surface area contributed by atoms with Crippen LogP contribution in [0.25, 0.3) is 0 Å². The van der Waals surface area contributed by atoms with Crippen LogP contribution in [-0.2, 0) is 16.0 Å². The maximum atomic E-state index is 12.4. The van der Waals surface area contributed by atoms with Crippen molar-refractivity contribution in [2.45, 2.75) is 25.8 Å². The first-order valence-electron chi connectivity index (χ1n) is 10.4. The van der Waals surface area contributed by atoms with E-state index in [-0.39, 0.29) is 24.4 Å². The van der Waals surface area contributed by atoms with Crippen LogP contribution in [0.1, 0.15) is 18.9 Å². The molecule has 0 aromatic heterocycles. The minimum atomic E-state index is -0.128. The lowest BCUT2D eigenvalue weighted by molar-refractivity contribution is -0.119. The second-order valence-corrected chi connectivity index (χ2v) is 7.17. The minimum Gasteiger partial charge on any atom is -0.357 e. The van der Waals surface area contributed by atoms with Gasteiger partial charge in [0, 0.05) is 31.7 Å². The number of hydrogen-bond donors (Lipinski definition) is 3. The molecule has 2 amide bonds. The van der Waals surface area contributed by atoms with Gasteiger partial charge < -0.3 is 20.9 Å². The van der Waals surface area contributed by atoms with Gasteiger partial charge in [0.15, 0.2) is 5.96 Å². The summed E-state index contributed by atoms with van der Waals surface area (Å²) in [6.45, 7) is 3.81. The topological polar surface area (TPSA) is 85.8 Å². The van der Waals surface area contributed by atoms with E-state index in [1.165, 1.54) is 5.56 Å². The largest absolute Gasteiger partial charge is 0.357 e. The molecule has 1 saturated heterocycles. The Morgan fingerprint density at radius 1 is 1.07 bits per heavy atom. The molecule has 7 heteroatoms. The van der Waals surface area contributed by atoms with Crippen LogP contribution in [0.3, 0.4) is 0 Å². The molecule has 1 aliphatic rings. The van der Waals surface area contributed by atoms with E-state index in [0.717, 1.165) is 12.1 Å². The molecule has 30 heavy (non-hydrogen) atoms. The predicted octanol–water partition coefficient (Wildman–Crippen LogP) is 1.71. The number of hydrogen-bond acceptors (Lipinski definition) is 3. The van der Waals surface area contributed by atoms with Gasteiger partial charge in [-0.25, -0.2) is 4.99 Å². The molecule has 1 aliphatic heterocycles. The first-order valence-corrected chi connectivity index (χ1v) is 10.4. The van der Waals surface area contributed by atoms with Crippen LogP contribution in [0, 0.1) is 0 Å². The van der Waals surface area contributed by atoms with Crippen molar-refractivity contribution < 1.29 is 9.59 Å². The van der Waals surface area contributed by atoms with Crippen molar-refractivity contribution in [2.24, 2.45) is 4.99 Å². The second kappa shape index (κ2) is 11.0. The maximum absolute atomic E-state index is 12.4. The van der Waals surface area contributed by atoms with Crippen LogP contribution < -0.4 is 20.9 Å². The third-order valence-electron chi connectivity index (χ3n) is 4.84. The number of aliphatic imine (C=N–C) groups is 1. The molecule has 3 rings (SSSR count). The van der Waals surface area contributed by atoms with Crippen LogP contribution in [0.5, 0.6) is 0 Å². The minimum absolute atomic E-state index is 0.0349. The van der Waals surface area contributed by atoms with Crippen molar-refractivity contribution in [1.29, 1.82) is 0 Å². The fraction of sp³-hybridized carbons (Fsp3) is 0.348. The third-order valence-corrected chi connectivity index (χ3v) is 4.84. The first-order chi connectivity index (χ1) is 14.7. The molecule has 1 atom stereocenters. The lowest BCUT2D eigenvalue weighted by Crippen LogP contribution is -2.45. The van der Waals surface area contributed by atoms with Gasteiger partial charge >= 0.3 is 0 Å². The lowest BCUT2D eigenvalue weighted by atomic mass is 10.1. The van der Waals surface area contributed by atoms with E-state index in [1.54, 1.807) is 4.90 Å². The zero-order valence-electron chi connectivity index (χ0n) is 17.3. The zero-order chi connectivity index (χ0) is 21.2. The predicted molar refractivity (Wildman–Crippen MR) is 119 cm³/mol. The summed E-state index contributed by atoms with van der Waals surface area (Å²) in [5, 5.41) is 9.32. The number of anilines is 1. The molecule has 0 aliphatic carbocycles. The van der Waals surface area contributed by atoms with Gasteiger partial charge in [-0.1, -0.05) is 48.5 Å². The molecular weight excluding hydrogens is 378 g/mol. The van der Waals surface area contributed by atoms with E-state index in [2.05, 4.69) is 20.9 Å². The molecule has 0 spiro atoms. The van der Waals surface area contributed by atoms with E-state index in [0.29, 0.717) is 32.0 Å². The van der Waals surface area contributed by atoms with E-state index in [4.69, 9.17) is 0 Å². The molecule has 3 N–H and O–H groups in total. The highest BCUT2D eigenvalue weighted by atomic mass is 16.2. The summed E-state index contributed by atoms with van der Waals surface area (Å²) in [4.78, 5) is 30.7. The number of benzene rings is 2. The number of amides is 2. The molecule has 2 aromatic carbocycles. The summed E-state index contributed by atoms with van der Waals surface area (Å²) in [5.41, 5.74) is 2.08. The van der Waals surface area contributed by atoms with Gasteiger partial charge in [0.1, 0.15) is 6.54 Å². The quantitative estimate of drug-likeness (QED) is 0.459. The Morgan fingerprint density at radius 3 is 2.47 bits per heavy atom. The highest BCUT2D eigenvalue weighted by Gasteiger charge is 2.31. The summed E-state index contributed by atoms with van der Waals surface area (Å²) >= 11 is 0. The molecule has 1 unspecified atom stereocenters. The molecular formula is C23H29N5O2. The van der Waals surface area contributed by atoms with Gasteiger partial charge in [0.25, 0.3) is 0 Å². The van der Waals surface area contributed by atoms with Crippen molar-refractivity contribution in [3.63, 3.8) is 0 Å². The van der Waals surface area contributed by atoms with Crippen LogP contribution in [0.2, 0.25) is 0 Å².